The zero-order chi connectivity index (χ0) is 14.5. The number of carbonyl (C=O) groups excluding carboxylic acids is 2. The molecule has 20 heavy (non-hydrogen) atoms. The van der Waals surface area contributed by atoms with Gasteiger partial charge in [0.15, 0.2) is 6.61 Å². The molecule has 4 N–H and O–H groups in total. The van der Waals surface area contributed by atoms with Gasteiger partial charge in [-0.1, -0.05) is 17.7 Å². The molecule has 0 atom stereocenters. The Hall–Kier alpha value is -1.79. The summed E-state index contributed by atoms with van der Waals surface area (Å²) in [6, 6.07) is 4.87. The van der Waals surface area contributed by atoms with Gasteiger partial charge in [0.05, 0.1) is 0 Å². The second-order valence-corrected chi connectivity index (χ2v) is 4.98. The molecule has 0 radical (unpaired) electrons. The highest BCUT2D eigenvalue weighted by Gasteiger charge is 2.21. The van der Waals surface area contributed by atoms with Gasteiger partial charge in [0.2, 0.25) is 0 Å². The molecule has 0 aliphatic heterocycles. The molecule has 0 unspecified atom stereocenters. The third-order valence-corrected chi connectivity index (χ3v) is 3.20. The molecule has 2 rings (SSSR count). The minimum Gasteiger partial charge on any atom is -0.483 e. The molecule has 1 aromatic rings. The number of ether oxygens (including phenoxy) is 1. The Labute approximate surface area is 121 Å². The van der Waals surface area contributed by atoms with E-state index >= 15 is 0 Å². The lowest BCUT2D eigenvalue weighted by molar-refractivity contribution is -0.121. The third-order valence-electron chi connectivity index (χ3n) is 2.84. The van der Waals surface area contributed by atoms with Crippen molar-refractivity contribution in [3.8, 4) is 5.75 Å². The first-order valence-electron chi connectivity index (χ1n) is 6.29. The highest BCUT2D eigenvalue weighted by atomic mass is 35.5. The maximum Gasteiger partial charge on any atom is 0.318 e. The van der Waals surface area contributed by atoms with Crippen molar-refractivity contribution in [1.82, 2.24) is 10.6 Å². The first-order valence-corrected chi connectivity index (χ1v) is 6.67. The van der Waals surface area contributed by atoms with E-state index in [9.17, 15) is 9.59 Å². The summed E-state index contributed by atoms with van der Waals surface area (Å²) in [7, 11) is 0. The number of primary amides is 1. The predicted octanol–water partition coefficient (Wildman–Crippen LogP) is 1.17. The molecular formula is C13H16ClN3O3. The summed E-state index contributed by atoms with van der Waals surface area (Å²) in [5.41, 5.74) is 5.65. The molecule has 0 saturated heterocycles. The Kier molecular flexibility index (Phi) is 4.81. The average Bonchev–Trinajstić information content (AvgIpc) is 3.18. The van der Waals surface area contributed by atoms with Crippen LogP contribution in [0, 0.1) is 0 Å². The molecule has 1 aliphatic rings. The van der Waals surface area contributed by atoms with Crippen molar-refractivity contribution in [2.24, 2.45) is 5.73 Å². The molecule has 1 fully saturated rings. The van der Waals surface area contributed by atoms with Crippen LogP contribution in [0.25, 0.3) is 0 Å². The Bertz CT molecular complexity index is 518. The van der Waals surface area contributed by atoms with Gasteiger partial charge in [-0.3, -0.25) is 10.1 Å². The number of halogens is 1. The summed E-state index contributed by atoms with van der Waals surface area (Å²) in [6.07, 6.45) is 2.34. The number of benzene rings is 1. The molecule has 1 aliphatic carbocycles. The Morgan fingerprint density at radius 1 is 1.40 bits per heavy atom. The van der Waals surface area contributed by atoms with Crippen molar-refractivity contribution in [3.05, 3.63) is 28.8 Å². The molecule has 7 heteroatoms. The molecule has 0 aromatic heterocycles. The SMILES string of the molecule is NC(=O)NC(=O)COc1cccc(Cl)c1CNC1CC1. The number of hydrogen-bond acceptors (Lipinski definition) is 4. The first-order chi connectivity index (χ1) is 9.56. The number of imide groups is 1. The van der Waals surface area contributed by atoms with Gasteiger partial charge in [0, 0.05) is 23.2 Å². The van der Waals surface area contributed by atoms with Crippen LogP contribution < -0.4 is 21.1 Å². The summed E-state index contributed by atoms with van der Waals surface area (Å²) in [5, 5.41) is 5.84. The lowest BCUT2D eigenvalue weighted by atomic mass is 10.2. The van der Waals surface area contributed by atoms with E-state index in [4.69, 9.17) is 22.1 Å². The van der Waals surface area contributed by atoms with Crippen LogP contribution in [0.2, 0.25) is 5.02 Å². The van der Waals surface area contributed by atoms with Crippen LogP contribution >= 0.6 is 11.6 Å². The van der Waals surface area contributed by atoms with Crippen LogP contribution in [0.4, 0.5) is 4.79 Å². The van der Waals surface area contributed by atoms with E-state index in [0.717, 1.165) is 5.56 Å². The van der Waals surface area contributed by atoms with Crippen LogP contribution in [-0.4, -0.2) is 24.6 Å². The third kappa shape index (κ3) is 4.40. The van der Waals surface area contributed by atoms with Gasteiger partial charge in [-0.05, 0) is 25.0 Å². The highest BCUT2D eigenvalue weighted by Crippen LogP contribution is 2.28. The molecule has 6 nitrogen and oxygen atoms in total. The number of urea groups is 1. The van der Waals surface area contributed by atoms with Gasteiger partial charge in [-0.2, -0.15) is 0 Å². The Balaban J connectivity index is 1.96. The van der Waals surface area contributed by atoms with Crippen molar-refractivity contribution in [2.75, 3.05) is 6.61 Å². The minimum absolute atomic E-state index is 0.292. The summed E-state index contributed by atoms with van der Waals surface area (Å²) in [5.74, 6) is -0.0798. The fourth-order valence-corrected chi connectivity index (χ4v) is 1.93. The zero-order valence-corrected chi connectivity index (χ0v) is 11.6. The van der Waals surface area contributed by atoms with Crippen LogP contribution in [0.1, 0.15) is 18.4 Å². The molecule has 1 aromatic carbocycles. The lowest BCUT2D eigenvalue weighted by Gasteiger charge is -2.13. The van der Waals surface area contributed by atoms with E-state index in [1.165, 1.54) is 12.8 Å². The molecule has 3 amide bonds. The molecule has 0 bridgehead atoms. The van der Waals surface area contributed by atoms with Crippen LogP contribution in [0.3, 0.4) is 0 Å². The zero-order valence-electron chi connectivity index (χ0n) is 10.8. The number of nitrogens with two attached hydrogens (primary N) is 1. The standard InChI is InChI=1S/C13H16ClN3O3/c14-10-2-1-3-11(9(10)6-16-8-4-5-8)20-7-12(18)17-13(15)19/h1-3,8,16H,4-7H2,(H3,15,17,18,19). The van der Waals surface area contributed by atoms with Crippen LogP contribution in [-0.2, 0) is 11.3 Å². The normalized spacial score (nSPS) is 13.8. The average molecular weight is 298 g/mol. The molecule has 0 heterocycles. The van der Waals surface area contributed by atoms with Gasteiger partial charge in [-0.15, -0.1) is 0 Å². The fraction of sp³-hybridized carbons (Fsp3) is 0.385. The van der Waals surface area contributed by atoms with Crippen molar-refractivity contribution >= 4 is 23.5 Å². The quantitative estimate of drug-likeness (QED) is 0.734. The van der Waals surface area contributed by atoms with Crippen LogP contribution in [0.5, 0.6) is 5.75 Å². The number of hydrogen-bond donors (Lipinski definition) is 3. The largest absolute Gasteiger partial charge is 0.483 e. The molecule has 1 saturated carbocycles. The van der Waals surface area contributed by atoms with E-state index in [1.54, 1.807) is 18.2 Å². The minimum atomic E-state index is -0.902. The first kappa shape index (κ1) is 14.6. The Morgan fingerprint density at radius 3 is 2.80 bits per heavy atom. The number of amides is 3. The summed E-state index contributed by atoms with van der Waals surface area (Å²) >= 11 is 6.14. The second-order valence-electron chi connectivity index (χ2n) is 4.57. The van der Waals surface area contributed by atoms with E-state index in [1.807, 2.05) is 5.32 Å². The lowest BCUT2D eigenvalue weighted by Crippen LogP contribution is -2.38. The van der Waals surface area contributed by atoms with Gasteiger partial charge >= 0.3 is 6.03 Å². The summed E-state index contributed by atoms with van der Waals surface area (Å²) in [6.45, 7) is 0.289. The van der Waals surface area contributed by atoms with Gasteiger partial charge in [0.25, 0.3) is 5.91 Å². The van der Waals surface area contributed by atoms with E-state index in [-0.39, 0.29) is 6.61 Å². The van der Waals surface area contributed by atoms with Gasteiger partial charge in [-0.25, -0.2) is 4.79 Å². The van der Waals surface area contributed by atoms with Crippen molar-refractivity contribution in [2.45, 2.75) is 25.4 Å². The maximum absolute atomic E-state index is 11.3. The molecule has 0 spiro atoms. The number of nitrogens with one attached hydrogen (secondary N) is 2. The maximum atomic E-state index is 11.3. The number of carbonyl (C=O) groups is 2. The molecular weight excluding hydrogens is 282 g/mol. The van der Waals surface area contributed by atoms with Crippen molar-refractivity contribution in [1.29, 1.82) is 0 Å². The van der Waals surface area contributed by atoms with Crippen molar-refractivity contribution in [3.63, 3.8) is 0 Å². The second kappa shape index (κ2) is 6.58. The van der Waals surface area contributed by atoms with Gasteiger partial charge < -0.3 is 15.8 Å². The predicted molar refractivity (Wildman–Crippen MR) is 74.5 cm³/mol. The Morgan fingerprint density at radius 2 is 2.15 bits per heavy atom. The summed E-state index contributed by atoms with van der Waals surface area (Å²) < 4.78 is 5.39. The monoisotopic (exact) mass is 297 g/mol. The van der Waals surface area contributed by atoms with Gasteiger partial charge in [0.1, 0.15) is 5.75 Å². The smallest absolute Gasteiger partial charge is 0.318 e. The van der Waals surface area contributed by atoms with E-state index in [2.05, 4.69) is 5.32 Å². The van der Waals surface area contributed by atoms with E-state index < -0.39 is 11.9 Å². The molecule has 108 valence electrons. The van der Waals surface area contributed by atoms with Crippen molar-refractivity contribution < 1.29 is 14.3 Å². The van der Waals surface area contributed by atoms with Crippen LogP contribution in [0.15, 0.2) is 18.2 Å². The highest BCUT2D eigenvalue weighted by molar-refractivity contribution is 6.31. The topological polar surface area (TPSA) is 93.5 Å². The fourth-order valence-electron chi connectivity index (χ4n) is 1.70. The number of rotatable bonds is 6. The van der Waals surface area contributed by atoms with E-state index in [0.29, 0.717) is 23.4 Å². The summed E-state index contributed by atoms with van der Waals surface area (Å²) in [4.78, 5) is 21.8.